The maximum atomic E-state index is 11.4. The maximum absolute atomic E-state index is 11.4. The highest BCUT2D eigenvalue weighted by atomic mass is 32.2. The fraction of sp³-hybridized carbons (Fsp3) is 0.278. The van der Waals surface area contributed by atoms with Crippen LogP contribution in [0, 0.1) is 0 Å². The molecule has 4 heteroatoms. The summed E-state index contributed by atoms with van der Waals surface area (Å²) < 4.78 is 0. The predicted molar refractivity (Wildman–Crippen MR) is 96.4 cm³/mol. The molecule has 2 rings (SSSR count). The lowest BCUT2D eigenvalue weighted by atomic mass is 10.2. The van der Waals surface area contributed by atoms with E-state index in [2.05, 4.69) is 12.1 Å². The summed E-state index contributed by atoms with van der Waals surface area (Å²) in [5, 5.41) is 9.01. The van der Waals surface area contributed by atoms with Gasteiger partial charge in [-0.15, -0.1) is 11.8 Å². The second kappa shape index (κ2) is 9.59. The van der Waals surface area contributed by atoms with Crippen molar-refractivity contribution in [2.24, 2.45) is 0 Å². The fourth-order valence-electron chi connectivity index (χ4n) is 2.00. The number of aliphatic carboxylic acids is 1. The van der Waals surface area contributed by atoms with Gasteiger partial charge in [0.1, 0.15) is 5.25 Å². The molecular weight excluding hydrogens is 312 g/mol. The lowest BCUT2D eigenvalue weighted by molar-refractivity contribution is -0.136. The van der Waals surface area contributed by atoms with E-state index in [4.69, 9.17) is 0 Å². The highest BCUT2D eigenvalue weighted by Crippen LogP contribution is 2.23. The average molecular weight is 332 g/mol. The second-order valence-electron chi connectivity index (χ2n) is 4.95. The largest absolute Gasteiger partial charge is 0.480 e. The van der Waals surface area contributed by atoms with E-state index in [-0.39, 0.29) is 5.25 Å². The Morgan fingerprint density at radius 3 is 2.00 bits per heavy atom. The number of carbonyl (C=O) groups is 1. The molecule has 0 fully saturated rings. The first-order valence-electron chi connectivity index (χ1n) is 7.25. The number of hydrogen-bond donors (Lipinski definition) is 1. The van der Waals surface area contributed by atoms with Crippen molar-refractivity contribution < 1.29 is 9.90 Å². The molecule has 0 amide bonds. The van der Waals surface area contributed by atoms with Gasteiger partial charge in [-0.1, -0.05) is 60.7 Å². The van der Waals surface area contributed by atoms with E-state index in [1.165, 1.54) is 22.9 Å². The molecule has 0 bridgehead atoms. The van der Waals surface area contributed by atoms with Gasteiger partial charge in [-0.2, -0.15) is 11.8 Å². The SMILES string of the molecule is O=C(O)[C@@H](CCSCc1ccccc1)SCc1ccccc1. The lowest BCUT2D eigenvalue weighted by Crippen LogP contribution is -2.17. The number of benzene rings is 2. The molecule has 0 spiro atoms. The monoisotopic (exact) mass is 332 g/mol. The molecule has 0 saturated carbocycles. The van der Waals surface area contributed by atoms with Crippen molar-refractivity contribution in [3.63, 3.8) is 0 Å². The Labute approximate surface area is 140 Å². The second-order valence-corrected chi connectivity index (χ2v) is 7.25. The number of rotatable bonds is 9. The molecule has 0 radical (unpaired) electrons. The van der Waals surface area contributed by atoms with Crippen LogP contribution in [0.2, 0.25) is 0 Å². The molecule has 2 nitrogen and oxygen atoms in total. The van der Waals surface area contributed by atoms with Gasteiger partial charge in [0.05, 0.1) is 0 Å². The summed E-state index contributed by atoms with van der Waals surface area (Å²) in [6.45, 7) is 0. The van der Waals surface area contributed by atoms with E-state index in [1.807, 2.05) is 48.5 Å². The minimum atomic E-state index is -0.707. The molecule has 0 heterocycles. The van der Waals surface area contributed by atoms with Gasteiger partial charge in [-0.3, -0.25) is 4.79 Å². The van der Waals surface area contributed by atoms with E-state index in [0.717, 1.165) is 17.3 Å². The Kier molecular flexibility index (Phi) is 7.40. The minimum Gasteiger partial charge on any atom is -0.480 e. The highest BCUT2D eigenvalue weighted by molar-refractivity contribution is 8.00. The van der Waals surface area contributed by atoms with E-state index >= 15 is 0 Å². The van der Waals surface area contributed by atoms with Gasteiger partial charge < -0.3 is 5.11 Å². The van der Waals surface area contributed by atoms with Gasteiger partial charge in [0, 0.05) is 11.5 Å². The van der Waals surface area contributed by atoms with Crippen molar-refractivity contribution >= 4 is 29.5 Å². The quantitative estimate of drug-likeness (QED) is 0.676. The molecule has 116 valence electrons. The average Bonchev–Trinajstić information content (AvgIpc) is 2.55. The third kappa shape index (κ3) is 6.16. The Hall–Kier alpha value is -1.39. The standard InChI is InChI=1S/C18H20O2S2/c19-18(20)17(22-14-16-9-5-2-6-10-16)11-12-21-13-15-7-3-1-4-8-15/h1-10,17H,11-14H2,(H,19,20)/t17-/m1/s1. The summed E-state index contributed by atoms with van der Waals surface area (Å²) >= 11 is 3.31. The van der Waals surface area contributed by atoms with Crippen LogP contribution in [-0.4, -0.2) is 22.1 Å². The normalized spacial score (nSPS) is 12.0. The van der Waals surface area contributed by atoms with Crippen LogP contribution in [0.1, 0.15) is 17.5 Å². The van der Waals surface area contributed by atoms with Crippen LogP contribution in [0.4, 0.5) is 0 Å². The van der Waals surface area contributed by atoms with Crippen LogP contribution in [0.25, 0.3) is 0 Å². The van der Waals surface area contributed by atoms with Gasteiger partial charge in [0.15, 0.2) is 0 Å². The van der Waals surface area contributed by atoms with E-state index in [0.29, 0.717) is 6.42 Å². The minimum absolute atomic E-state index is 0.330. The van der Waals surface area contributed by atoms with Crippen LogP contribution in [0.15, 0.2) is 60.7 Å². The van der Waals surface area contributed by atoms with Crippen LogP contribution >= 0.6 is 23.5 Å². The van der Waals surface area contributed by atoms with Crippen LogP contribution < -0.4 is 0 Å². The number of hydrogen-bond acceptors (Lipinski definition) is 3. The number of carboxylic acid groups (broad SMARTS) is 1. The third-order valence-corrected chi connectivity index (χ3v) is 5.61. The van der Waals surface area contributed by atoms with Crippen LogP contribution in [0.3, 0.4) is 0 Å². The van der Waals surface area contributed by atoms with Gasteiger partial charge in [0.2, 0.25) is 0 Å². The summed E-state index contributed by atoms with van der Waals surface area (Å²) in [6.07, 6.45) is 0.699. The Balaban J connectivity index is 1.71. The van der Waals surface area contributed by atoms with Gasteiger partial charge in [0.25, 0.3) is 0 Å². The fourth-order valence-corrected chi connectivity index (χ4v) is 4.14. The first-order chi connectivity index (χ1) is 10.8. The summed E-state index contributed by atoms with van der Waals surface area (Å²) in [5.74, 6) is 1.85. The lowest BCUT2D eigenvalue weighted by Gasteiger charge is -2.12. The summed E-state index contributed by atoms with van der Waals surface area (Å²) in [5.41, 5.74) is 2.46. The molecule has 0 aliphatic carbocycles. The third-order valence-electron chi connectivity index (χ3n) is 3.21. The molecule has 0 aliphatic heterocycles. The van der Waals surface area contributed by atoms with Gasteiger partial charge in [-0.25, -0.2) is 0 Å². The number of thioether (sulfide) groups is 2. The molecule has 0 saturated heterocycles. The van der Waals surface area contributed by atoms with E-state index in [9.17, 15) is 9.90 Å². The highest BCUT2D eigenvalue weighted by Gasteiger charge is 2.17. The predicted octanol–water partition coefficient (Wildman–Crippen LogP) is 4.70. The molecule has 0 aliphatic rings. The summed E-state index contributed by atoms with van der Waals surface area (Å²) in [6, 6.07) is 20.3. The smallest absolute Gasteiger partial charge is 0.316 e. The Morgan fingerprint density at radius 2 is 1.45 bits per heavy atom. The Bertz CT molecular complexity index is 558. The molecule has 2 aromatic carbocycles. The van der Waals surface area contributed by atoms with Gasteiger partial charge >= 0.3 is 5.97 Å². The molecular formula is C18H20O2S2. The first kappa shape index (κ1) is 17.0. The number of carboxylic acids is 1. The topological polar surface area (TPSA) is 37.3 Å². The zero-order valence-corrected chi connectivity index (χ0v) is 14.0. The first-order valence-corrected chi connectivity index (χ1v) is 9.46. The van der Waals surface area contributed by atoms with E-state index < -0.39 is 5.97 Å². The zero-order valence-electron chi connectivity index (χ0n) is 12.4. The van der Waals surface area contributed by atoms with Gasteiger partial charge in [-0.05, 0) is 23.3 Å². The molecule has 22 heavy (non-hydrogen) atoms. The van der Waals surface area contributed by atoms with Crippen molar-refractivity contribution in [1.82, 2.24) is 0 Å². The summed E-state index contributed by atoms with van der Waals surface area (Å²) in [7, 11) is 0. The maximum Gasteiger partial charge on any atom is 0.316 e. The van der Waals surface area contributed by atoms with Crippen molar-refractivity contribution in [3.05, 3.63) is 71.8 Å². The van der Waals surface area contributed by atoms with Crippen molar-refractivity contribution in [3.8, 4) is 0 Å². The molecule has 1 atom stereocenters. The molecule has 0 aromatic heterocycles. The van der Waals surface area contributed by atoms with Crippen LogP contribution in [-0.2, 0) is 16.3 Å². The van der Waals surface area contributed by atoms with Crippen molar-refractivity contribution in [2.75, 3.05) is 5.75 Å². The molecule has 0 unspecified atom stereocenters. The van der Waals surface area contributed by atoms with Crippen LogP contribution in [0.5, 0.6) is 0 Å². The van der Waals surface area contributed by atoms with E-state index in [1.54, 1.807) is 11.8 Å². The molecule has 1 N–H and O–H groups in total. The zero-order chi connectivity index (χ0) is 15.6. The Morgan fingerprint density at radius 1 is 0.909 bits per heavy atom. The van der Waals surface area contributed by atoms with Crippen molar-refractivity contribution in [1.29, 1.82) is 0 Å². The molecule has 2 aromatic rings. The summed E-state index contributed by atoms with van der Waals surface area (Å²) in [4.78, 5) is 11.4. The van der Waals surface area contributed by atoms with Crippen molar-refractivity contribution in [2.45, 2.75) is 23.2 Å².